The molecule has 1 unspecified atom stereocenters. The third-order valence-electron chi connectivity index (χ3n) is 3.33. The lowest BCUT2D eigenvalue weighted by atomic mass is 10.0. The summed E-state index contributed by atoms with van der Waals surface area (Å²) in [5.41, 5.74) is 1.25. The monoisotopic (exact) mass is 304 g/mol. The minimum absolute atomic E-state index is 0.142. The van der Waals surface area contributed by atoms with E-state index in [1.165, 1.54) is 9.75 Å². The van der Waals surface area contributed by atoms with E-state index in [1.807, 2.05) is 12.1 Å². The molecule has 5 heteroatoms. The number of nitrogens with one attached hydrogen (secondary N) is 1. The highest BCUT2D eigenvalue weighted by atomic mass is 32.1. The van der Waals surface area contributed by atoms with Crippen LogP contribution in [0, 0.1) is 17.0 Å². The van der Waals surface area contributed by atoms with Crippen molar-refractivity contribution in [1.29, 1.82) is 0 Å². The number of non-ortho nitro benzene ring substituents is 1. The van der Waals surface area contributed by atoms with Crippen LogP contribution in [0.3, 0.4) is 0 Å². The molecule has 0 spiro atoms. The topological polar surface area (TPSA) is 55.2 Å². The molecule has 1 atom stereocenters. The van der Waals surface area contributed by atoms with Gasteiger partial charge >= 0.3 is 0 Å². The molecule has 0 bridgehead atoms. The molecule has 0 amide bonds. The fourth-order valence-corrected chi connectivity index (χ4v) is 3.17. The molecule has 0 radical (unpaired) electrons. The molecule has 1 N–H and O–H groups in total. The highest BCUT2D eigenvalue weighted by Crippen LogP contribution is 2.26. The molecule has 2 aromatic rings. The van der Waals surface area contributed by atoms with Gasteiger partial charge in [-0.3, -0.25) is 10.1 Å². The van der Waals surface area contributed by atoms with Crippen LogP contribution in [0.2, 0.25) is 0 Å². The standard InChI is InChI=1S/C16H20N2O2S/c1-3-10-17-15(16-9-4-12(2)21-16)11-13-5-7-14(8-6-13)18(19)20/h4-9,15,17H,3,10-11H2,1-2H3. The minimum Gasteiger partial charge on any atom is -0.309 e. The highest BCUT2D eigenvalue weighted by Gasteiger charge is 2.14. The maximum absolute atomic E-state index is 10.7. The van der Waals surface area contributed by atoms with Crippen molar-refractivity contribution in [2.24, 2.45) is 0 Å². The van der Waals surface area contributed by atoms with Crippen molar-refractivity contribution in [3.8, 4) is 0 Å². The number of hydrogen-bond acceptors (Lipinski definition) is 4. The van der Waals surface area contributed by atoms with Gasteiger partial charge in [-0.05, 0) is 44.0 Å². The molecule has 2 rings (SSSR count). The summed E-state index contributed by atoms with van der Waals surface area (Å²) in [4.78, 5) is 13.0. The lowest BCUT2D eigenvalue weighted by molar-refractivity contribution is -0.384. The smallest absolute Gasteiger partial charge is 0.269 e. The van der Waals surface area contributed by atoms with E-state index in [1.54, 1.807) is 23.5 Å². The molecule has 1 aromatic heterocycles. The zero-order chi connectivity index (χ0) is 15.2. The maximum atomic E-state index is 10.7. The summed E-state index contributed by atoms with van der Waals surface area (Å²) < 4.78 is 0. The number of nitro benzene ring substituents is 1. The molecule has 0 aliphatic heterocycles. The molecule has 0 fully saturated rings. The molecular weight excluding hydrogens is 284 g/mol. The van der Waals surface area contributed by atoms with Crippen molar-refractivity contribution in [1.82, 2.24) is 5.32 Å². The van der Waals surface area contributed by atoms with Gasteiger partial charge in [0.15, 0.2) is 0 Å². The van der Waals surface area contributed by atoms with Crippen molar-refractivity contribution in [3.63, 3.8) is 0 Å². The summed E-state index contributed by atoms with van der Waals surface area (Å²) in [7, 11) is 0. The number of aryl methyl sites for hydroxylation is 1. The zero-order valence-corrected chi connectivity index (χ0v) is 13.2. The summed E-state index contributed by atoms with van der Waals surface area (Å²) in [5.74, 6) is 0. The van der Waals surface area contributed by atoms with Crippen LogP contribution in [0.25, 0.3) is 0 Å². The third kappa shape index (κ3) is 4.37. The summed E-state index contributed by atoms with van der Waals surface area (Å²) in [6.45, 7) is 5.22. The van der Waals surface area contributed by atoms with Gasteiger partial charge in [-0.2, -0.15) is 0 Å². The van der Waals surface area contributed by atoms with Gasteiger partial charge in [0.2, 0.25) is 0 Å². The number of hydrogen-bond donors (Lipinski definition) is 1. The molecule has 1 aromatic carbocycles. The van der Waals surface area contributed by atoms with Gasteiger partial charge in [0.25, 0.3) is 5.69 Å². The maximum Gasteiger partial charge on any atom is 0.269 e. The van der Waals surface area contributed by atoms with Crippen molar-refractivity contribution in [2.75, 3.05) is 6.54 Å². The van der Waals surface area contributed by atoms with Crippen LogP contribution in [-0.4, -0.2) is 11.5 Å². The number of nitrogens with zero attached hydrogens (tertiary/aromatic N) is 1. The Bertz CT molecular complexity index is 593. The van der Waals surface area contributed by atoms with Gasteiger partial charge in [-0.15, -0.1) is 11.3 Å². The molecule has 112 valence electrons. The predicted molar refractivity (Wildman–Crippen MR) is 86.9 cm³/mol. The molecule has 4 nitrogen and oxygen atoms in total. The zero-order valence-electron chi connectivity index (χ0n) is 12.3. The van der Waals surface area contributed by atoms with Crippen molar-refractivity contribution < 1.29 is 4.92 Å². The van der Waals surface area contributed by atoms with E-state index in [2.05, 4.69) is 31.3 Å². The van der Waals surface area contributed by atoms with Crippen LogP contribution in [0.4, 0.5) is 5.69 Å². The van der Waals surface area contributed by atoms with Gasteiger partial charge in [-0.25, -0.2) is 0 Å². The van der Waals surface area contributed by atoms with E-state index in [0.29, 0.717) is 0 Å². The van der Waals surface area contributed by atoms with Gasteiger partial charge < -0.3 is 5.32 Å². The second kappa shape index (κ2) is 7.33. The van der Waals surface area contributed by atoms with Crippen LogP contribution in [0.5, 0.6) is 0 Å². The second-order valence-corrected chi connectivity index (χ2v) is 6.40. The first-order chi connectivity index (χ1) is 10.1. The van der Waals surface area contributed by atoms with Gasteiger partial charge in [0.05, 0.1) is 4.92 Å². The number of nitro groups is 1. The fraction of sp³-hybridized carbons (Fsp3) is 0.375. The Balaban J connectivity index is 2.12. The molecule has 0 aliphatic rings. The molecule has 0 saturated carbocycles. The van der Waals surface area contributed by atoms with E-state index in [0.717, 1.165) is 24.9 Å². The first-order valence-electron chi connectivity index (χ1n) is 7.13. The van der Waals surface area contributed by atoms with E-state index in [9.17, 15) is 10.1 Å². The number of benzene rings is 1. The van der Waals surface area contributed by atoms with E-state index >= 15 is 0 Å². The van der Waals surface area contributed by atoms with E-state index in [-0.39, 0.29) is 16.7 Å². The quantitative estimate of drug-likeness (QED) is 0.614. The third-order valence-corrected chi connectivity index (χ3v) is 4.45. The molecule has 0 aliphatic carbocycles. The van der Waals surface area contributed by atoms with Crippen molar-refractivity contribution in [2.45, 2.75) is 32.7 Å². The van der Waals surface area contributed by atoms with Crippen molar-refractivity contribution >= 4 is 17.0 Å². The van der Waals surface area contributed by atoms with E-state index in [4.69, 9.17) is 0 Å². The predicted octanol–water partition coefficient (Wildman–Crippen LogP) is 4.25. The lowest BCUT2D eigenvalue weighted by Gasteiger charge is -2.17. The Morgan fingerprint density at radius 1 is 1.24 bits per heavy atom. The Hall–Kier alpha value is -1.72. The average molecular weight is 304 g/mol. The van der Waals surface area contributed by atoms with Gasteiger partial charge in [0.1, 0.15) is 0 Å². The summed E-state index contributed by atoms with van der Waals surface area (Å²) in [6.07, 6.45) is 1.93. The minimum atomic E-state index is -0.362. The Kier molecular flexibility index (Phi) is 5.47. The first kappa shape index (κ1) is 15.7. The Morgan fingerprint density at radius 3 is 2.48 bits per heavy atom. The molecule has 0 saturated heterocycles. The van der Waals surface area contributed by atoms with Crippen LogP contribution in [-0.2, 0) is 6.42 Å². The van der Waals surface area contributed by atoms with Crippen LogP contribution in [0.1, 0.15) is 34.7 Å². The molecule has 21 heavy (non-hydrogen) atoms. The molecule has 1 heterocycles. The van der Waals surface area contributed by atoms with Gasteiger partial charge in [-0.1, -0.05) is 19.1 Å². The van der Waals surface area contributed by atoms with Gasteiger partial charge in [0, 0.05) is 27.9 Å². The number of thiophene rings is 1. The van der Waals surface area contributed by atoms with Crippen LogP contribution in [0.15, 0.2) is 36.4 Å². The van der Waals surface area contributed by atoms with Crippen molar-refractivity contribution in [3.05, 3.63) is 61.8 Å². The average Bonchev–Trinajstić information content (AvgIpc) is 2.90. The Labute approximate surface area is 129 Å². The summed E-state index contributed by atoms with van der Waals surface area (Å²) >= 11 is 1.80. The fourth-order valence-electron chi connectivity index (χ4n) is 2.22. The lowest BCUT2D eigenvalue weighted by Crippen LogP contribution is -2.23. The summed E-state index contributed by atoms with van der Waals surface area (Å²) in [5, 5.41) is 14.3. The first-order valence-corrected chi connectivity index (χ1v) is 7.95. The summed E-state index contributed by atoms with van der Waals surface area (Å²) in [6, 6.07) is 11.4. The number of rotatable bonds is 7. The normalized spacial score (nSPS) is 12.3. The van der Waals surface area contributed by atoms with Crippen LogP contribution < -0.4 is 5.32 Å². The Morgan fingerprint density at radius 2 is 1.95 bits per heavy atom. The van der Waals surface area contributed by atoms with E-state index < -0.39 is 0 Å². The largest absolute Gasteiger partial charge is 0.309 e. The molecular formula is C16H20N2O2S. The van der Waals surface area contributed by atoms with Crippen LogP contribution >= 0.6 is 11.3 Å². The second-order valence-electron chi connectivity index (χ2n) is 5.08. The SMILES string of the molecule is CCCNC(Cc1ccc([N+](=O)[O-])cc1)c1ccc(C)s1. The highest BCUT2D eigenvalue weighted by molar-refractivity contribution is 7.12.